The topological polar surface area (TPSA) is 26.3 Å². The van der Waals surface area contributed by atoms with E-state index in [1.54, 1.807) is 0 Å². The second kappa shape index (κ2) is 6.48. The smallest absolute Gasteiger partial charge is 0.338 e. The molecule has 1 atom stereocenters. The molecule has 0 spiro atoms. The van der Waals surface area contributed by atoms with Gasteiger partial charge in [-0.25, -0.2) is 4.79 Å². The maximum Gasteiger partial charge on any atom is 0.338 e. The first kappa shape index (κ1) is 18.2. The van der Waals surface area contributed by atoms with Gasteiger partial charge in [0, 0.05) is 5.66 Å². The summed E-state index contributed by atoms with van der Waals surface area (Å²) in [5.41, 5.74) is 2.16. The molecule has 0 amide bonds. The van der Waals surface area contributed by atoms with Crippen molar-refractivity contribution < 1.29 is 9.53 Å². The largest absolute Gasteiger partial charge is 0.465 e. The summed E-state index contributed by atoms with van der Waals surface area (Å²) in [6.07, 6.45) is 0. The minimum Gasteiger partial charge on any atom is -0.465 e. The van der Waals surface area contributed by atoms with Crippen LogP contribution in [0.1, 0.15) is 70.0 Å². The van der Waals surface area contributed by atoms with Crippen LogP contribution in [-0.4, -0.2) is 23.4 Å². The molecule has 118 valence electrons. The van der Waals surface area contributed by atoms with Gasteiger partial charge in [0.25, 0.3) is 0 Å². The number of carbonyl (C=O) groups is 1. The molecule has 0 heterocycles. The summed E-state index contributed by atoms with van der Waals surface area (Å²) < 4.78 is 4.95. The zero-order valence-electron chi connectivity index (χ0n) is 14.7. The van der Waals surface area contributed by atoms with E-state index in [1.807, 2.05) is 18.2 Å². The lowest BCUT2D eigenvalue weighted by Crippen LogP contribution is -2.28. The maximum absolute atomic E-state index is 12.0. The predicted molar refractivity (Wildman–Crippen MR) is 92.6 cm³/mol. The Morgan fingerprint density at radius 2 is 1.52 bits per heavy atom. The number of esters is 1. The fourth-order valence-corrected chi connectivity index (χ4v) is 8.30. The average molecular weight is 308 g/mol. The highest BCUT2D eigenvalue weighted by Gasteiger charge is 2.39. The molecule has 0 aliphatic carbocycles. The summed E-state index contributed by atoms with van der Waals surface area (Å²) in [6.45, 7) is 16.1. The van der Waals surface area contributed by atoms with Gasteiger partial charge in [-0.05, 0) is 21.9 Å². The molecule has 0 radical (unpaired) electrons. The number of carbonyl (C=O) groups excluding carboxylic acids is 1. The number of methoxy groups -OCH3 is 1. The van der Waals surface area contributed by atoms with E-state index < -0.39 is 0 Å². The second-order valence-corrected chi connectivity index (χ2v) is 11.7. The molecule has 3 heteroatoms. The van der Waals surface area contributed by atoms with Crippen LogP contribution in [0.2, 0.25) is 0 Å². The van der Waals surface area contributed by atoms with Gasteiger partial charge in [-0.1, -0.05) is 74.6 Å². The van der Waals surface area contributed by atoms with Gasteiger partial charge in [0.1, 0.15) is 0 Å². The Labute approximate surface area is 131 Å². The molecule has 1 aromatic carbocycles. The zero-order chi connectivity index (χ0) is 16.4. The van der Waals surface area contributed by atoms with E-state index >= 15 is 0 Å². The Kier molecular flexibility index (Phi) is 5.61. The highest BCUT2D eigenvalue weighted by atomic mass is 31.1. The van der Waals surface area contributed by atoms with E-state index in [0.717, 1.165) is 5.56 Å². The molecule has 21 heavy (non-hydrogen) atoms. The highest BCUT2D eigenvalue weighted by molar-refractivity contribution is 7.61. The van der Waals surface area contributed by atoms with Crippen LogP contribution in [-0.2, 0) is 4.74 Å². The summed E-state index contributed by atoms with van der Waals surface area (Å²) in [5, 5.41) is 0.437. The summed E-state index contributed by atoms with van der Waals surface area (Å²) in [7, 11) is 1.11. The van der Waals surface area contributed by atoms with Crippen molar-refractivity contribution in [3.8, 4) is 0 Å². The molecule has 0 saturated heterocycles. The van der Waals surface area contributed by atoms with Crippen LogP contribution in [0, 0.1) is 0 Å². The summed E-state index contributed by atoms with van der Waals surface area (Å²) >= 11 is 0. The first-order valence-electron chi connectivity index (χ1n) is 7.47. The van der Waals surface area contributed by atoms with Crippen LogP contribution in [0.4, 0.5) is 0 Å². The molecule has 0 fully saturated rings. The fourth-order valence-electron chi connectivity index (χ4n) is 3.46. The van der Waals surface area contributed by atoms with E-state index in [9.17, 15) is 4.79 Å². The van der Waals surface area contributed by atoms with Gasteiger partial charge in [-0.15, -0.1) is 0 Å². The van der Waals surface area contributed by atoms with Crippen molar-refractivity contribution in [2.45, 2.75) is 64.4 Å². The van der Waals surface area contributed by atoms with Gasteiger partial charge in [0.15, 0.2) is 0 Å². The third-order valence-electron chi connectivity index (χ3n) is 3.65. The van der Waals surface area contributed by atoms with Gasteiger partial charge in [0.2, 0.25) is 0 Å². The van der Waals surface area contributed by atoms with E-state index in [-0.39, 0.29) is 24.2 Å². The Balaban J connectivity index is 3.35. The van der Waals surface area contributed by atoms with Crippen LogP contribution in [0.5, 0.6) is 0 Å². The van der Waals surface area contributed by atoms with Crippen molar-refractivity contribution in [2.24, 2.45) is 0 Å². The van der Waals surface area contributed by atoms with Gasteiger partial charge in [-0.2, -0.15) is 0 Å². The van der Waals surface area contributed by atoms with Crippen LogP contribution < -0.4 is 0 Å². The normalized spacial score (nSPS) is 14.1. The Hall–Kier alpha value is -0.880. The molecule has 0 aromatic heterocycles. The van der Waals surface area contributed by atoms with E-state index in [1.165, 1.54) is 7.11 Å². The summed E-state index contributed by atoms with van der Waals surface area (Å²) in [5.74, 6) is -0.241. The SMILES string of the molecule is COC(=O)c1ccccc1[C@@H](C)P(C(C)(C)C)C(C)(C)C. The van der Waals surface area contributed by atoms with Crippen molar-refractivity contribution in [3.05, 3.63) is 35.4 Å². The van der Waals surface area contributed by atoms with Crippen LogP contribution in [0.15, 0.2) is 24.3 Å². The van der Waals surface area contributed by atoms with Crippen molar-refractivity contribution in [1.82, 2.24) is 0 Å². The number of hydrogen-bond donors (Lipinski definition) is 0. The maximum atomic E-state index is 12.0. The molecule has 1 aromatic rings. The molecule has 0 saturated carbocycles. The van der Waals surface area contributed by atoms with Crippen LogP contribution in [0.3, 0.4) is 0 Å². The van der Waals surface area contributed by atoms with Crippen molar-refractivity contribution >= 4 is 13.9 Å². The molecular weight excluding hydrogens is 279 g/mol. The first-order chi connectivity index (χ1) is 9.50. The van der Waals surface area contributed by atoms with Crippen LogP contribution >= 0.6 is 7.92 Å². The molecule has 2 nitrogen and oxygen atoms in total. The molecule has 0 bridgehead atoms. The van der Waals surface area contributed by atoms with E-state index in [0.29, 0.717) is 11.2 Å². The summed E-state index contributed by atoms with van der Waals surface area (Å²) in [6, 6.07) is 7.86. The number of ether oxygens (including phenoxy) is 1. The molecule has 0 unspecified atom stereocenters. The quantitative estimate of drug-likeness (QED) is 0.535. The summed E-state index contributed by atoms with van der Waals surface area (Å²) in [4.78, 5) is 12.0. The monoisotopic (exact) mass is 308 g/mol. The minimum absolute atomic E-state index is 0.218. The van der Waals surface area contributed by atoms with Gasteiger partial charge in [-0.3, -0.25) is 0 Å². The number of hydrogen-bond acceptors (Lipinski definition) is 2. The number of rotatable bonds is 3. The van der Waals surface area contributed by atoms with Gasteiger partial charge in [0.05, 0.1) is 12.7 Å². The molecular formula is C18H29O2P. The van der Waals surface area contributed by atoms with Crippen molar-refractivity contribution in [1.29, 1.82) is 0 Å². The van der Waals surface area contributed by atoms with Gasteiger partial charge < -0.3 is 4.74 Å². The molecule has 0 N–H and O–H groups in total. The third-order valence-corrected chi connectivity index (χ3v) is 7.59. The van der Waals surface area contributed by atoms with Crippen LogP contribution in [0.25, 0.3) is 0 Å². The standard InChI is InChI=1S/C18H29O2P/c1-13(21(17(2,3)4)18(5,6)7)14-11-9-10-12-15(14)16(19)20-8/h9-13H,1-8H3/t13-/m1/s1. The highest BCUT2D eigenvalue weighted by Crippen LogP contribution is 2.68. The van der Waals surface area contributed by atoms with Crippen molar-refractivity contribution in [3.63, 3.8) is 0 Å². The zero-order valence-corrected chi connectivity index (χ0v) is 15.5. The van der Waals surface area contributed by atoms with E-state index in [4.69, 9.17) is 4.74 Å². The fraction of sp³-hybridized carbons (Fsp3) is 0.611. The average Bonchev–Trinajstić information content (AvgIpc) is 2.34. The lowest BCUT2D eigenvalue weighted by Gasteiger charge is -2.45. The Morgan fingerprint density at radius 3 is 1.95 bits per heavy atom. The molecule has 0 aliphatic rings. The number of benzene rings is 1. The predicted octanol–water partition coefficient (Wildman–Crippen LogP) is 5.61. The van der Waals surface area contributed by atoms with Crippen molar-refractivity contribution in [2.75, 3.05) is 7.11 Å². The molecule has 0 aliphatic heterocycles. The Bertz CT molecular complexity index is 481. The lowest BCUT2D eigenvalue weighted by molar-refractivity contribution is 0.0599. The second-order valence-electron chi connectivity index (χ2n) is 7.47. The first-order valence-corrected chi connectivity index (χ1v) is 8.88. The molecule has 1 rings (SSSR count). The van der Waals surface area contributed by atoms with Gasteiger partial charge >= 0.3 is 5.97 Å². The minimum atomic E-state index is -0.334. The Morgan fingerprint density at radius 1 is 1.05 bits per heavy atom. The van der Waals surface area contributed by atoms with E-state index in [2.05, 4.69) is 54.5 Å². The lowest BCUT2D eigenvalue weighted by atomic mass is 10.1. The third kappa shape index (κ3) is 4.30.